The van der Waals surface area contributed by atoms with Gasteiger partial charge in [-0.3, -0.25) is 0 Å². The highest BCUT2D eigenvalue weighted by atomic mass is 19.1. The van der Waals surface area contributed by atoms with E-state index in [1.54, 1.807) is 18.2 Å². The Hall–Kier alpha value is -1.57. The van der Waals surface area contributed by atoms with Gasteiger partial charge in [0.2, 0.25) is 0 Å². The van der Waals surface area contributed by atoms with Gasteiger partial charge in [0, 0.05) is 5.57 Å². The number of hydrogen-bond acceptors (Lipinski definition) is 1. The van der Waals surface area contributed by atoms with E-state index >= 15 is 0 Å². The molecule has 0 aliphatic heterocycles. The first kappa shape index (κ1) is 9.00. The van der Waals surface area contributed by atoms with Crippen LogP contribution in [0.2, 0.25) is 0 Å². The Labute approximate surface area is 82.2 Å². The van der Waals surface area contributed by atoms with Gasteiger partial charge in [0.15, 0.2) is 0 Å². The number of allylic oxidation sites excluding steroid dienone is 3. The highest BCUT2D eigenvalue weighted by Gasteiger charge is 2.09. The van der Waals surface area contributed by atoms with E-state index < -0.39 is 0 Å². The van der Waals surface area contributed by atoms with E-state index in [1.807, 2.05) is 6.08 Å². The summed E-state index contributed by atoms with van der Waals surface area (Å²) in [5, 5.41) is 9.59. The Morgan fingerprint density at radius 2 is 1.64 bits per heavy atom. The van der Waals surface area contributed by atoms with Gasteiger partial charge < -0.3 is 5.11 Å². The number of hydrogen-bond donors (Lipinski definition) is 1. The predicted molar refractivity (Wildman–Crippen MR) is 54.3 cm³/mol. The first-order valence-electron chi connectivity index (χ1n) is 4.63. The van der Waals surface area contributed by atoms with Crippen molar-refractivity contribution in [2.24, 2.45) is 0 Å². The molecule has 0 fully saturated rings. The number of benzene rings is 1. The predicted octanol–water partition coefficient (Wildman–Crippen LogP) is 3.44. The molecule has 0 atom stereocenters. The number of aliphatic hydroxyl groups excluding tert-OH is 1. The topological polar surface area (TPSA) is 20.2 Å². The summed E-state index contributed by atoms with van der Waals surface area (Å²) in [6, 6.07) is 6.16. The fourth-order valence-electron chi connectivity index (χ4n) is 1.56. The normalized spacial score (nSPS) is 16.1. The monoisotopic (exact) mass is 190 g/mol. The Balaban J connectivity index is 2.35. The zero-order valence-electron chi connectivity index (χ0n) is 7.70. The van der Waals surface area contributed by atoms with Crippen molar-refractivity contribution in [3.63, 3.8) is 0 Å². The van der Waals surface area contributed by atoms with E-state index in [-0.39, 0.29) is 5.82 Å². The van der Waals surface area contributed by atoms with E-state index in [1.165, 1.54) is 12.1 Å². The molecule has 0 aromatic heterocycles. The summed E-state index contributed by atoms with van der Waals surface area (Å²) >= 11 is 0. The molecule has 1 nitrogen and oxygen atoms in total. The molecule has 0 saturated carbocycles. The average Bonchev–Trinajstić information content (AvgIpc) is 2.20. The van der Waals surface area contributed by atoms with Gasteiger partial charge in [0.05, 0.1) is 0 Å². The minimum absolute atomic E-state index is 0.256. The van der Waals surface area contributed by atoms with Gasteiger partial charge in [-0.25, -0.2) is 4.39 Å². The van der Waals surface area contributed by atoms with Gasteiger partial charge in [0.1, 0.15) is 11.6 Å². The quantitative estimate of drug-likeness (QED) is 0.719. The summed E-state index contributed by atoms with van der Waals surface area (Å²) in [4.78, 5) is 0. The van der Waals surface area contributed by atoms with Crippen molar-refractivity contribution < 1.29 is 9.50 Å². The van der Waals surface area contributed by atoms with Crippen LogP contribution in [0.3, 0.4) is 0 Å². The van der Waals surface area contributed by atoms with Gasteiger partial charge in [0.25, 0.3) is 0 Å². The third kappa shape index (κ3) is 1.69. The van der Waals surface area contributed by atoms with Crippen molar-refractivity contribution in [1.29, 1.82) is 0 Å². The van der Waals surface area contributed by atoms with Crippen molar-refractivity contribution in [2.75, 3.05) is 0 Å². The molecule has 72 valence electrons. The summed E-state index contributed by atoms with van der Waals surface area (Å²) < 4.78 is 12.7. The Bertz CT molecular complexity index is 387. The zero-order valence-corrected chi connectivity index (χ0v) is 7.70. The van der Waals surface area contributed by atoms with Gasteiger partial charge in [-0.1, -0.05) is 18.2 Å². The summed E-state index contributed by atoms with van der Waals surface area (Å²) in [6.07, 6.45) is 5.56. The lowest BCUT2D eigenvalue weighted by Crippen LogP contribution is -1.94. The molecule has 0 amide bonds. The smallest absolute Gasteiger partial charge is 0.123 e. The highest BCUT2D eigenvalue weighted by Crippen LogP contribution is 2.26. The van der Waals surface area contributed by atoms with Crippen molar-refractivity contribution in [1.82, 2.24) is 0 Å². The maximum atomic E-state index is 12.7. The van der Waals surface area contributed by atoms with Crippen LogP contribution in [0, 0.1) is 5.82 Å². The van der Waals surface area contributed by atoms with E-state index in [4.69, 9.17) is 0 Å². The molecule has 0 saturated heterocycles. The summed E-state index contributed by atoms with van der Waals surface area (Å²) in [5.41, 5.74) is 1.66. The Kier molecular flexibility index (Phi) is 2.35. The zero-order chi connectivity index (χ0) is 9.97. The fraction of sp³-hybridized carbons (Fsp3) is 0.167. The van der Waals surface area contributed by atoms with E-state index in [0.717, 1.165) is 24.0 Å². The van der Waals surface area contributed by atoms with E-state index in [0.29, 0.717) is 5.76 Å². The van der Waals surface area contributed by atoms with Crippen LogP contribution in [0.15, 0.2) is 42.2 Å². The molecule has 1 aromatic rings. The van der Waals surface area contributed by atoms with Crippen LogP contribution < -0.4 is 0 Å². The maximum Gasteiger partial charge on any atom is 0.123 e. The molecule has 0 spiro atoms. The van der Waals surface area contributed by atoms with Gasteiger partial charge in [-0.05, 0) is 36.6 Å². The molecule has 14 heavy (non-hydrogen) atoms. The molecule has 2 heteroatoms. The van der Waals surface area contributed by atoms with Gasteiger partial charge >= 0.3 is 0 Å². The van der Waals surface area contributed by atoms with Crippen LogP contribution in [0.5, 0.6) is 0 Å². The molecular formula is C12H11FO. The lowest BCUT2D eigenvalue weighted by molar-refractivity contribution is 0.432. The van der Waals surface area contributed by atoms with Crippen LogP contribution in [0.4, 0.5) is 4.39 Å². The first-order valence-corrected chi connectivity index (χ1v) is 4.63. The van der Waals surface area contributed by atoms with Crippen molar-refractivity contribution >= 4 is 5.57 Å². The maximum absolute atomic E-state index is 12.7. The van der Waals surface area contributed by atoms with Gasteiger partial charge in [-0.2, -0.15) is 0 Å². The molecule has 1 aromatic carbocycles. The second-order valence-corrected chi connectivity index (χ2v) is 3.29. The van der Waals surface area contributed by atoms with Crippen molar-refractivity contribution in [2.45, 2.75) is 12.8 Å². The molecule has 2 rings (SSSR count). The van der Waals surface area contributed by atoms with Crippen LogP contribution >= 0.6 is 0 Å². The van der Waals surface area contributed by atoms with Crippen molar-refractivity contribution in [3.8, 4) is 0 Å². The standard InChI is InChI=1S/C12H11FO/c13-10-7-5-9(6-8-10)11-3-1-2-4-12(11)14/h3-8,14H,1-2H2. The average molecular weight is 190 g/mol. The SMILES string of the molecule is OC1=CCCC=C1c1ccc(F)cc1. The number of rotatable bonds is 1. The molecule has 0 unspecified atom stereocenters. The molecule has 1 aliphatic rings. The fourth-order valence-corrected chi connectivity index (χ4v) is 1.56. The van der Waals surface area contributed by atoms with Crippen LogP contribution in [0.25, 0.3) is 5.57 Å². The van der Waals surface area contributed by atoms with Gasteiger partial charge in [-0.15, -0.1) is 0 Å². The minimum Gasteiger partial charge on any atom is -0.508 e. The van der Waals surface area contributed by atoms with E-state index in [9.17, 15) is 9.50 Å². The summed E-state index contributed by atoms with van der Waals surface area (Å²) in [6.45, 7) is 0. The lowest BCUT2D eigenvalue weighted by atomic mass is 9.98. The first-order chi connectivity index (χ1) is 6.77. The van der Waals surface area contributed by atoms with Crippen molar-refractivity contribution in [3.05, 3.63) is 53.6 Å². The molecular weight excluding hydrogens is 179 g/mol. The third-order valence-corrected chi connectivity index (χ3v) is 2.28. The second-order valence-electron chi connectivity index (χ2n) is 3.29. The van der Waals surface area contributed by atoms with Crippen LogP contribution in [-0.4, -0.2) is 5.11 Å². The molecule has 0 radical (unpaired) electrons. The third-order valence-electron chi connectivity index (χ3n) is 2.28. The minimum atomic E-state index is -0.256. The number of halogens is 1. The number of aliphatic hydroxyl groups is 1. The lowest BCUT2D eigenvalue weighted by Gasteiger charge is -2.11. The summed E-state index contributed by atoms with van der Waals surface area (Å²) in [5.74, 6) is 0.0384. The largest absolute Gasteiger partial charge is 0.508 e. The Morgan fingerprint density at radius 1 is 1.00 bits per heavy atom. The molecule has 0 bridgehead atoms. The van der Waals surface area contributed by atoms with E-state index in [2.05, 4.69) is 0 Å². The molecule has 1 aliphatic carbocycles. The Morgan fingerprint density at radius 3 is 2.29 bits per heavy atom. The molecule has 1 N–H and O–H groups in total. The van der Waals surface area contributed by atoms with Crippen LogP contribution in [-0.2, 0) is 0 Å². The molecule has 0 heterocycles. The van der Waals surface area contributed by atoms with Crippen LogP contribution in [0.1, 0.15) is 18.4 Å². The second kappa shape index (κ2) is 3.66. The highest BCUT2D eigenvalue weighted by molar-refractivity contribution is 5.77. The summed E-state index contributed by atoms with van der Waals surface area (Å²) in [7, 11) is 0.